The lowest BCUT2D eigenvalue weighted by Gasteiger charge is -2.23. The molecule has 0 heterocycles. The maximum Gasteiger partial charge on any atom is 0.322 e. The fraction of sp³-hybridized carbons (Fsp3) is 0.833. The minimum absolute atomic E-state index is 0.0777. The highest BCUT2D eigenvalue weighted by molar-refractivity contribution is 6.06. The molecule has 4 heteroatoms. The van der Waals surface area contributed by atoms with Gasteiger partial charge in [0, 0.05) is 6.54 Å². The Morgan fingerprint density at radius 2 is 1.94 bits per heavy atom. The molecule has 1 fully saturated rings. The van der Waals surface area contributed by atoms with Crippen molar-refractivity contribution in [1.82, 2.24) is 5.32 Å². The summed E-state index contributed by atoms with van der Waals surface area (Å²) in [6.07, 6.45) is 0.591. The van der Waals surface area contributed by atoms with Gasteiger partial charge in [-0.15, -0.1) is 0 Å². The predicted molar refractivity (Wildman–Crippen MR) is 60.7 cm³/mol. The first kappa shape index (κ1) is 13.0. The van der Waals surface area contributed by atoms with E-state index in [0.717, 1.165) is 0 Å². The smallest absolute Gasteiger partial charge is 0.322 e. The molecule has 4 nitrogen and oxygen atoms in total. The SMILES string of the molecule is CCNC(=O)[C@@]1(C(=O)OC(C)(C)C)C[C@@H]1C. The van der Waals surface area contributed by atoms with Crippen LogP contribution in [0.2, 0.25) is 0 Å². The van der Waals surface area contributed by atoms with Crippen LogP contribution in [0.15, 0.2) is 0 Å². The molecule has 0 unspecified atom stereocenters. The highest BCUT2D eigenvalue weighted by Crippen LogP contribution is 2.53. The van der Waals surface area contributed by atoms with Gasteiger partial charge in [0.05, 0.1) is 0 Å². The molecule has 16 heavy (non-hydrogen) atoms. The van der Waals surface area contributed by atoms with E-state index in [1.807, 2.05) is 34.6 Å². The summed E-state index contributed by atoms with van der Waals surface area (Å²) in [4.78, 5) is 23.8. The molecule has 0 aliphatic heterocycles. The zero-order valence-corrected chi connectivity index (χ0v) is 10.7. The Labute approximate surface area is 96.7 Å². The molecule has 1 aliphatic carbocycles. The van der Waals surface area contributed by atoms with Crippen LogP contribution < -0.4 is 5.32 Å². The summed E-state index contributed by atoms with van der Waals surface area (Å²) >= 11 is 0. The molecule has 92 valence electrons. The van der Waals surface area contributed by atoms with Gasteiger partial charge in [-0.3, -0.25) is 9.59 Å². The van der Waals surface area contributed by atoms with Gasteiger partial charge in [0.25, 0.3) is 0 Å². The summed E-state index contributed by atoms with van der Waals surface area (Å²) < 4.78 is 5.30. The van der Waals surface area contributed by atoms with Crippen LogP contribution in [0.25, 0.3) is 0 Å². The molecule has 0 aromatic carbocycles. The zero-order chi connectivity index (χ0) is 12.6. The van der Waals surface area contributed by atoms with E-state index in [1.54, 1.807) is 0 Å². The van der Waals surface area contributed by atoms with E-state index in [4.69, 9.17) is 4.74 Å². The van der Waals surface area contributed by atoms with Crippen LogP contribution in [-0.2, 0) is 14.3 Å². The summed E-state index contributed by atoms with van der Waals surface area (Å²) in [5, 5.41) is 2.71. The van der Waals surface area contributed by atoms with E-state index in [1.165, 1.54) is 0 Å². The standard InChI is InChI=1S/C12H21NO3/c1-6-13-9(14)12(7-8(12)2)10(15)16-11(3,4)5/h8H,6-7H2,1-5H3,(H,13,14)/t8-,12+/m0/s1. The van der Waals surface area contributed by atoms with Gasteiger partial charge in [-0.05, 0) is 40.0 Å². The van der Waals surface area contributed by atoms with Gasteiger partial charge in [-0.25, -0.2) is 0 Å². The molecule has 0 aromatic heterocycles. The van der Waals surface area contributed by atoms with E-state index in [9.17, 15) is 9.59 Å². The predicted octanol–water partition coefficient (Wildman–Crippen LogP) is 1.49. The summed E-state index contributed by atoms with van der Waals surface area (Å²) in [6, 6.07) is 0. The average molecular weight is 227 g/mol. The number of hydrogen-bond acceptors (Lipinski definition) is 3. The third kappa shape index (κ3) is 2.36. The average Bonchev–Trinajstić information content (AvgIpc) is 2.76. The van der Waals surface area contributed by atoms with Crippen molar-refractivity contribution >= 4 is 11.9 Å². The van der Waals surface area contributed by atoms with Gasteiger partial charge in [-0.2, -0.15) is 0 Å². The van der Waals surface area contributed by atoms with Crippen LogP contribution in [0, 0.1) is 11.3 Å². The number of amides is 1. The van der Waals surface area contributed by atoms with Crippen LogP contribution in [-0.4, -0.2) is 24.0 Å². The maximum absolute atomic E-state index is 12.0. The summed E-state index contributed by atoms with van der Waals surface area (Å²) in [6.45, 7) is 9.71. The summed E-state index contributed by atoms with van der Waals surface area (Å²) in [5.41, 5.74) is -1.47. The van der Waals surface area contributed by atoms with Crippen LogP contribution in [0.3, 0.4) is 0 Å². The van der Waals surface area contributed by atoms with E-state index in [0.29, 0.717) is 13.0 Å². The largest absolute Gasteiger partial charge is 0.459 e. The fourth-order valence-electron chi connectivity index (χ4n) is 1.81. The molecular formula is C12H21NO3. The van der Waals surface area contributed by atoms with Gasteiger partial charge < -0.3 is 10.1 Å². The quantitative estimate of drug-likeness (QED) is 0.587. The van der Waals surface area contributed by atoms with E-state index < -0.39 is 17.0 Å². The second-order valence-corrected chi connectivity index (χ2v) is 5.44. The van der Waals surface area contributed by atoms with Gasteiger partial charge in [0.1, 0.15) is 11.0 Å². The summed E-state index contributed by atoms with van der Waals surface area (Å²) in [5.74, 6) is -0.510. The molecule has 0 spiro atoms. The first-order valence-corrected chi connectivity index (χ1v) is 5.75. The Bertz CT molecular complexity index is 306. The second-order valence-electron chi connectivity index (χ2n) is 5.44. The van der Waals surface area contributed by atoms with Crippen molar-refractivity contribution < 1.29 is 14.3 Å². The zero-order valence-electron chi connectivity index (χ0n) is 10.7. The molecule has 1 amide bonds. The van der Waals surface area contributed by atoms with E-state index in [-0.39, 0.29) is 11.8 Å². The van der Waals surface area contributed by atoms with Crippen molar-refractivity contribution in [3.05, 3.63) is 0 Å². The van der Waals surface area contributed by atoms with Crippen LogP contribution >= 0.6 is 0 Å². The number of ether oxygens (including phenoxy) is 1. The van der Waals surface area contributed by atoms with Crippen LogP contribution in [0.4, 0.5) is 0 Å². The van der Waals surface area contributed by atoms with Crippen molar-refractivity contribution in [1.29, 1.82) is 0 Å². The van der Waals surface area contributed by atoms with Crippen LogP contribution in [0.1, 0.15) is 41.0 Å². The number of rotatable bonds is 3. The molecule has 1 N–H and O–H groups in total. The van der Waals surface area contributed by atoms with Gasteiger partial charge in [0.2, 0.25) is 5.91 Å². The fourth-order valence-corrected chi connectivity index (χ4v) is 1.81. The van der Waals surface area contributed by atoms with Crippen molar-refractivity contribution in [2.75, 3.05) is 6.54 Å². The monoisotopic (exact) mass is 227 g/mol. The van der Waals surface area contributed by atoms with Crippen molar-refractivity contribution in [2.45, 2.75) is 46.6 Å². The van der Waals surface area contributed by atoms with Crippen LogP contribution in [0.5, 0.6) is 0 Å². The molecule has 0 radical (unpaired) electrons. The van der Waals surface area contributed by atoms with Gasteiger partial charge in [-0.1, -0.05) is 6.92 Å². The Balaban J connectivity index is 2.75. The molecule has 0 aromatic rings. The number of nitrogens with one attached hydrogen (secondary N) is 1. The molecule has 1 rings (SSSR count). The summed E-state index contributed by atoms with van der Waals surface area (Å²) in [7, 11) is 0. The lowest BCUT2D eigenvalue weighted by atomic mass is 10.0. The minimum atomic E-state index is -0.927. The highest BCUT2D eigenvalue weighted by atomic mass is 16.6. The Hall–Kier alpha value is -1.06. The first-order chi connectivity index (χ1) is 7.24. The molecule has 0 bridgehead atoms. The van der Waals surface area contributed by atoms with E-state index >= 15 is 0 Å². The first-order valence-electron chi connectivity index (χ1n) is 5.75. The van der Waals surface area contributed by atoms with Crippen molar-refractivity contribution in [3.8, 4) is 0 Å². The molecule has 1 saturated carbocycles. The number of hydrogen-bond donors (Lipinski definition) is 1. The molecule has 0 saturated heterocycles. The highest BCUT2D eigenvalue weighted by Gasteiger charge is 2.64. The third-order valence-corrected chi connectivity index (χ3v) is 2.81. The lowest BCUT2D eigenvalue weighted by Crippen LogP contribution is -2.41. The lowest BCUT2D eigenvalue weighted by molar-refractivity contribution is -0.165. The van der Waals surface area contributed by atoms with Gasteiger partial charge in [0.15, 0.2) is 0 Å². The topological polar surface area (TPSA) is 55.4 Å². The second kappa shape index (κ2) is 4.07. The third-order valence-electron chi connectivity index (χ3n) is 2.81. The minimum Gasteiger partial charge on any atom is -0.459 e. The normalized spacial score (nSPS) is 28.4. The number of carbonyl (C=O) groups is 2. The van der Waals surface area contributed by atoms with Crippen molar-refractivity contribution in [2.24, 2.45) is 11.3 Å². The Morgan fingerprint density at radius 3 is 2.25 bits per heavy atom. The molecule has 1 aliphatic rings. The number of carbonyl (C=O) groups excluding carboxylic acids is 2. The Kier molecular flexibility index (Phi) is 3.31. The molecular weight excluding hydrogens is 206 g/mol. The van der Waals surface area contributed by atoms with E-state index in [2.05, 4.69) is 5.32 Å². The van der Waals surface area contributed by atoms with Gasteiger partial charge >= 0.3 is 5.97 Å². The molecule has 2 atom stereocenters. The van der Waals surface area contributed by atoms with Crippen molar-refractivity contribution in [3.63, 3.8) is 0 Å². The Morgan fingerprint density at radius 1 is 1.44 bits per heavy atom. The number of esters is 1. The maximum atomic E-state index is 12.0.